The molecule has 1 rings (SSSR count). The Labute approximate surface area is 154 Å². The van der Waals surface area contributed by atoms with Crippen LogP contribution in [0.1, 0.15) is 84.5 Å². The first-order valence-corrected chi connectivity index (χ1v) is 10.4. The highest BCUT2D eigenvalue weighted by molar-refractivity contribution is 4.71. The van der Waals surface area contributed by atoms with Gasteiger partial charge in [-0.25, -0.2) is 4.57 Å². The Morgan fingerprint density at radius 2 is 1.68 bits per heavy atom. The van der Waals surface area contributed by atoms with Crippen LogP contribution in [0.5, 0.6) is 0 Å². The lowest BCUT2D eigenvalue weighted by Crippen LogP contribution is -2.40. The molecule has 0 amide bonds. The summed E-state index contributed by atoms with van der Waals surface area (Å²) in [4.78, 5) is 4.06. The monoisotopic (exact) mass is 350 g/mol. The minimum atomic E-state index is -0.327. The molecule has 4 heteroatoms. The van der Waals surface area contributed by atoms with Gasteiger partial charge in [-0.3, -0.25) is 0 Å². The number of nitrogens with zero attached hydrogens (tertiary/aromatic N) is 2. The van der Waals surface area contributed by atoms with Gasteiger partial charge < -0.3 is 10.8 Å². The molecule has 1 aromatic rings. The van der Waals surface area contributed by atoms with Gasteiger partial charge in [0.25, 0.3) is 6.33 Å². The largest absolute Gasteiger partial charge is 0.389 e. The molecule has 1 aromatic heterocycles. The molecule has 0 bridgehead atoms. The molecular formula is C21H40N3O+. The van der Waals surface area contributed by atoms with Crippen molar-refractivity contribution in [2.45, 2.75) is 103 Å². The third-order valence-corrected chi connectivity index (χ3v) is 5.16. The van der Waals surface area contributed by atoms with Crippen LogP contribution in [0.2, 0.25) is 0 Å². The number of aliphatic hydroxyl groups excluding tert-OH is 1. The zero-order valence-electron chi connectivity index (χ0n) is 16.4. The lowest BCUT2D eigenvalue weighted by atomic mass is 9.91. The molecule has 3 N–H and O–H groups in total. The molecule has 0 saturated carbocycles. The van der Waals surface area contributed by atoms with E-state index in [-0.39, 0.29) is 12.1 Å². The maximum absolute atomic E-state index is 10.2. The first-order valence-electron chi connectivity index (χ1n) is 10.4. The van der Waals surface area contributed by atoms with Gasteiger partial charge in [-0.1, -0.05) is 70.2 Å². The van der Waals surface area contributed by atoms with Gasteiger partial charge in [0.1, 0.15) is 12.7 Å². The van der Waals surface area contributed by atoms with Crippen molar-refractivity contribution in [2.75, 3.05) is 0 Å². The van der Waals surface area contributed by atoms with Crippen LogP contribution >= 0.6 is 0 Å². The predicted molar refractivity (Wildman–Crippen MR) is 104 cm³/mol. The highest BCUT2D eigenvalue weighted by Gasteiger charge is 2.15. The molecule has 0 spiro atoms. The Hall–Kier alpha value is -1.00. The van der Waals surface area contributed by atoms with Crippen molar-refractivity contribution in [1.82, 2.24) is 4.98 Å². The van der Waals surface area contributed by atoms with E-state index in [1.165, 1.54) is 51.4 Å². The normalized spacial score (nSPS) is 15.0. The van der Waals surface area contributed by atoms with Crippen molar-refractivity contribution >= 4 is 0 Å². The zero-order chi connectivity index (χ0) is 18.3. The molecule has 0 aliphatic carbocycles. The first kappa shape index (κ1) is 22.0. The fourth-order valence-electron chi connectivity index (χ4n) is 3.27. The number of unbranched alkanes of at least 4 members (excludes halogenated alkanes) is 7. The molecule has 0 fully saturated rings. The van der Waals surface area contributed by atoms with Crippen molar-refractivity contribution in [3.8, 4) is 0 Å². The number of rotatable bonds is 15. The second-order valence-corrected chi connectivity index (χ2v) is 7.59. The van der Waals surface area contributed by atoms with E-state index in [1.807, 2.05) is 16.8 Å². The Balaban J connectivity index is 2.04. The van der Waals surface area contributed by atoms with Gasteiger partial charge in [0.05, 0.1) is 12.3 Å². The molecule has 1 heterocycles. The molecule has 0 aromatic carbocycles. The fourth-order valence-corrected chi connectivity index (χ4v) is 3.27. The topological polar surface area (TPSA) is 63.0 Å². The smallest absolute Gasteiger partial charge is 0.286 e. The number of nitrogens with two attached hydrogens (primary N) is 1. The summed E-state index contributed by atoms with van der Waals surface area (Å²) in [7, 11) is 0. The Kier molecular flexibility index (Phi) is 12.5. The Morgan fingerprint density at radius 3 is 2.32 bits per heavy atom. The van der Waals surface area contributed by atoms with E-state index < -0.39 is 0 Å². The summed E-state index contributed by atoms with van der Waals surface area (Å²) >= 11 is 0. The molecule has 0 aliphatic heterocycles. The lowest BCUT2D eigenvalue weighted by Gasteiger charge is -2.21. The summed E-state index contributed by atoms with van der Waals surface area (Å²) < 4.78 is 1.93. The average molecular weight is 351 g/mol. The van der Waals surface area contributed by atoms with Crippen molar-refractivity contribution in [2.24, 2.45) is 11.7 Å². The third-order valence-electron chi connectivity index (χ3n) is 5.16. The summed E-state index contributed by atoms with van der Waals surface area (Å²) in [6.07, 6.45) is 18.8. The van der Waals surface area contributed by atoms with Gasteiger partial charge in [-0.05, 0) is 25.2 Å². The van der Waals surface area contributed by atoms with Gasteiger partial charge in [0.2, 0.25) is 0 Å². The van der Waals surface area contributed by atoms with Crippen LogP contribution in [0.3, 0.4) is 0 Å². The van der Waals surface area contributed by atoms with Crippen LogP contribution in [0.25, 0.3) is 0 Å². The first-order chi connectivity index (χ1) is 12.1. The molecule has 144 valence electrons. The summed E-state index contributed by atoms with van der Waals surface area (Å²) in [6, 6.07) is 2.15. The van der Waals surface area contributed by atoms with Gasteiger partial charge in [0.15, 0.2) is 0 Å². The summed E-state index contributed by atoms with van der Waals surface area (Å²) in [5.74, 6) is 0.470. The van der Waals surface area contributed by atoms with Gasteiger partial charge >= 0.3 is 0 Å². The quantitative estimate of drug-likeness (QED) is 0.371. The molecular weight excluding hydrogens is 310 g/mol. The maximum Gasteiger partial charge on any atom is 0.286 e. The van der Waals surface area contributed by atoms with E-state index in [2.05, 4.69) is 18.8 Å². The lowest BCUT2D eigenvalue weighted by molar-refractivity contribution is -0.706. The summed E-state index contributed by atoms with van der Waals surface area (Å²) in [5.41, 5.74) is 6.34. The van der Waals surface area contributed by atoms with Gasteiger partial charge in [0, 0.05) is 12.1 Å². The SMILES string of the molecule is CCCCCCCCCCC(N)C(C)CCC(O)C[n+]1cccnc1. The van der Waals surface area contributed by atoms with Crippen LogP contribution in [0.15, 0.2) is 24.8 Å². The van der Waals surface area contributed by atoms with Crippen LogP contribution < -0.4 is 10.3 Å². The van der Waals surface area contributed by atoms with Crippen LogP contribution in [-0.4, -0.2) is 22.2 Å². The van der Waals surface area contributed by atoms with Crippen LogP contribution in [0, 0.1) is 5.92 Å². The van der Waals surface area contributed by atoms with Crippen molar-refractivity contribution < 1.29 is 9.67 Å². The van der Waals surface area contributed by atoms with E-state index in [0.717, 1.165) is 19.3 Å². The van der Waals surface area contributed by atoms with E-state index in [0.29, 0.717) is 12.5 Å². The molecule has 0 aliphatic rings. The second kappa shape index (κ2) is 14.2. The van der Waals surface area contributed by atoms with E-state index in [4.69, 9.17) is 5.73 Å². The van der Waals surface area contributed by atoms with Crippen molar-refractivity contribution in [3.05, 3.63) is 24.8 Å². The number of aliphatic hydroxyl groups is 1. The second-order valence-electron chi connectivity index (χ2n) is 7.59. The van der Waals surface area contributed by atoms with Crippen LogP contribution in [-0.2, 0) is 6.54 Å². The number of hydrogen-bond donors (Lipinski definition) is 2. The molecule has 0 saturated heterocycles. The van der Waals surface area contributed by atoms with Crippen molar-refractivity contribution in [1.29, 1.82) is 0 Å². The number of aromatic nitrogens is 2. The van der Waals surface area contributed by atoms with E-state index >= 15 is 0 Å². The van der Waals surface area contributed by atoms with E-state index in [9.17, 15) is 5.11 Å². The third kappa shape index (κ3) is 11.3. The minimum Gasteiger partial charge on any atom is -0.389 e. The standard InChI is InChI=1S/C21H40N3O/c1-3-4-5-6-7-8-9-10-12-21(22)19(2)13-14-20(25)17-24-16-11-15-23-18-24/h11,15-16,18-21,25H,3-10,12-14,17,22H2,1-2H3/q+1. The fraction of sp³-hybridized carbons (Fsp3) is 0.810. The highest BCUT2D eigenvalue weighted by Crippen LogP contribution is 2.17. The van der Waals surface area contributed by atoms with Crippen molar-refractivity contribution in [3.63, 3.8) is 0 Å². The summed E-state index contributed by atoms with van der Waals surface area (Å²) in [5, 5.41) is 10.2. The minimum absolute atomic E-state index is 0.262. The average Bonchev–Trinajstić information content (AvgIpc) is 2.62. The van der Waals surface area contributed by atoms with Crippen LogP contribution in [0.4, 0.5) is 0 Å². The summed E-state index contributed by atoms with van der Waals surface area (Å²) in [6.45, 7) is 5.09. The molecule has 3 atom stereocenters. The van der Waals surface area contributed by atoms with E-state index in [1.54, 1.807) is 12.5 Å². The predicted octanol–water partition coefficient (Wildman–Crippen LogP) is 4.00. The number of hydrogen-bond acceptors (Lipinski definition) is 3. The Morgan fingerprint density at radius 1 is 1.00 bits per heavy atom. The highest BCUT2D eigenvalue weighted by atomic mass is 16.3. The molecule has 4 nitrogen and oxygen atoms in total. The molecule has 25 heavy (non-hydrogen) atoms. The zero-order valence-corrected chi connectivity index (χ0v) is 16.4. The Bertz CT molecular complexity index is 413. The molecule has 3 unspecified atom stereocenters. The molecule has 0 radical (unpaired) electrons. The van der Waals surface area contributed by atoms with Gasteiger partial charge in [-0.2, -0.15) is 0 Å². The maximum atomic E-state index is 10.2. The van der Waals surface area contributed by atoms with Gasteiger partial charge in [-0.15, -0.1) is 0 Å².